The molecule has 0 saturated carbocycles. The van der Waals surface area contributed by atoms with Gasteiger partial charge in [-0.1, -0.05) is 0 Å². The van der Waals surface area contributed by atoms with Gasteiger partial charge in [0.1, 0.15) is 0 Å². The fourth-order valence-corrected chi connectivity index (χ4v) is 2.21. The number of hydrogen-bond acceptors (Lipinski definition) is 4. The minimum Gasteiger partial charge on any atom is -0.493 e. The number of thiazole rings is 1. The number of fused-ring (bicyclic) bond motifs is 1. The maximum atomic E-state index is 5.21. The van der Waals surface area contributed by atoms with Crippen molar-refractivity contribution in [2.45, 2.75) is 6.92 Å². The Hall–Kier alpha value is -1.33. The Kier molecular flexibility index (Phi) is 3.49. The van der Waals surface area contributed by atoms with Gasteiger partial charge in [0.25, 0.3) is 0 Å². The Morgan fingerprint density at radius 1 is 1.13 bits per heavy atom. The van der Waals surface area contributed by atoms with Crippen LogP contribution in [0.2, 0.25) is 0 Å². The second-order valence-electron chi connectivity index (χ2n) is 2.91. The van der Waals surface area contributed by atoms with E-state index in [1.54, 1.807) is 25.6 Å². The Labute approximate surface area is 91.8 Å². The summed E-state index contributed by atoms with van der Waals surface area (Å²) in [5.74, 6) is 1.48. The highest BCUT2D eigenvalue weighted by Crippen LogP contribution is 2.34. The zero-order chi connectivity index (χ0) is 10.1. The molecule has 4 nitrogen and oxygen atoms in total. The molecule has 5 heteroatoms. The number of hydrogen-bond donors (Lipinski definition) is 0. The molecule has 2 N–H and O–H groups in total. The van der Waals surface area contributed by atoms with Gasteiger partial charge >= 0.3 is 0 Å². The van der Waals surface area contributed by atoms with Crippen molar-refractivity contribution in [2.75, 3.05) is 14.2 Å². The minimum atomic E-state index is 0. The third kappa shape index (κ3) is 2.03. The second kappa shape index (κ2) is 4.46. The van der Waals surface area contributed by atoms with Crippen LogP contribution < -0.4 is 9.47 Å². The van der Waals surface area contributed by atoms with E-state index in [-0.39, 0.29) is 5.48 Å². The molecule has 0 saturated heterocycles. The lowest BCUT2D eigenvalue weighted by molar-refractivity contribution is 0.356. The fraction of sp³-hybridized carbons (Fsp3) is 0.300. The van der Waals surface area contributed by atoms with E-state index in [0.717, 1.165) is 26.7 Å². The molecular weight excluding hydrogens is 214 g/mol. The van der Waals surface area contributed by atoms with Crippen LogP contribution in [0.5, 0.6) is 11.5 Å². The van der Waals surface area contributed by atoms with Gasteiger partial charge < -0.3 is 14.9 Å². The van der Waals surface area contributed by atoms with Crippen molar-refractivity contribution in [3.8, 4) is 11.5 Å². The van der Waals surface area contributed by atoms with Crippen LogP contribution in [0.25, 0.3) is 10.2 Å². The number of aromatic nitrogens is 1. The fourth-order valence-electron chi connectivity index (χ4n) is 1.37. The van der Waals surface area contributed by atoms with E-state index in [1.165, 1.54) is 0 Å². The van der Waals surface area contributed by atoms with Gasteiger partial charge in [-0.15, -0.1) is 11.3 Å². The summed E-state index contributed by atoms with van der Waals surface area (Å²) in [5.41, 5.74) is 0.963. The molecule has 0 aliphatic heterocycles. The van der Waals surface area contributed by atoms with Crippen LogP contribution in [0.15, 0.2) is 12.1 Å². The molecule has 0 spiro atoms. The molecule has 2 aromatic rings. The van der Waals surface area contributed by atoms with E-state index in [0.29, 0.717) is 0 Å². The summed E-state index contributed by atoms with van der Waals surface area (Å²) in [6.45, 7) is 1.99. The lowest BCUT2D eigenvalue weighted by Crippen LogP contribution is -1.89. The lowest BCUT2D eigenvalue weighted by atomic mass is 10.3. The highest BCUT2D eigenvalue weighted by Gasteiger charge is 2.08. The molecule has 0 unspecified atom stereocenters. The van der Waals surface area contributed by atoms with Crippen molar-refractivity contribution in [2.24, 2.45) is 0 Å². The first-order valence-corrected chi connectivity index (χ1v) is 5.05. The van der Waals surface area contributed by atoms with Gasteiger partial charge in [-0.3, -0.25) is 0 Å². The van der Waals surface area contributed by atoms with E-state index in [4.69, 9.17) is 9.47 Å². The summed E-state index contributed by atoms with van der Waals surface area (Å²) in [6.07, 6.45) is 0. The van der Waals surface area contributed by atoms with Crippen LogP contribution in [0.4, 0.5) is 0 Å². The third-order valence-electron chi connectivity index (χ3n) is 2.00. The molecule has 0 radical (unpaired) electrons. The molecule has 1 aromatic heterocycles. The number of ether oxygens (including phenoxy) is 2. The van der Waals surface area contributed by atoms with Crippen molar-refractivity contribution in [3.63, 3.8) is 0 Å². The van der Waals surface area contributed by atoms with Crippen molar-refractivity contribution in [1.82, 2.24) is 4.98 Å². The average Bonchev–Trinajstić information content (AvgIpc) is 2.54. The predicted molar refractivity (Wildman–Crippen MR) is 61.1 cm³/mol. The monoisotopic (exact) mass is 227 g/mol. The summed E-state index contributed by atoms with van der Waals surface area (Å²) in [7, 11) is 3.26. The molecule has 2 rings (SSSR count). The zero-order valence-corrected chi connectivity index (χ0v) is 9.64. The summed E-state index contributed by atoms with van der Waals surface area (Å²) in [4.78, 5) is 4.38. The molecule has 0 aliphatic carbocycles. The lowest BCUT2D eigenvalue weighted by Gasteiger charge is -2.05. The molecular formula is C10H13NO3S. The minimum absolute atomic E-state index is 0. The number of nitrogens with zero attached hydrogens (tertiary/aromatic N) is 1. The highest BCUT2D eigenvalue weighted by atomic mass is 32.1. The molecule has 82 valence electrons. The standard InChI is InChI=1S/C10H11NO2S.H2O/c1-6-11-7-4-8(12-2)9(13-3)5-10(7)14-6;/h4-5H,1-3H3;1H2. The Balaban J connectivity index is 0.00000112. The van der Waals surface area contributed by atoms with Crippen LogP contribution in [0.1, 0.15) is 5.01 Å². The van der Waals surface area contributed by atoms with Gasteiger partial charge in [0.05, 0.1) is 29.4 Å². The SMILES string of the molecule is COc1cc2nc(C)sc2cc1OC.O. The van der Waals surface area contributed by atoms with Crippen LogP contribution >= 0.6 is 11.3 Å². The van der Waals surface area contributed by atoms with Crippen LogP contribution in [-0.4, -0.2) is 24.7 Å². The summed E-state index contributed by atoms with van der Waals surface area (Å²) in [5, 5.41) is 1.05. The van der Waals surface area contributed by atoms with E-state index >= 15 is 0 Å². The molecule has 1 heterocycles. The Morgan fingerprint density at radius 2 is 1.73 bits per heavy atom. The van der Waals surface area contributed by atoms with Crippen molar-refractivity contribution >= 4 is 21.6 Å². The second-order valence-corrected chi connectivity index (χ2v) is 4.14. The summed E-state index contributed by atoms with van der Waals surface area (Å²) < 4.78 is 11.5. The number of methoxy groups -OCH3 is 2. The van der Waals surface area contributed by atoms with E-state index < -0.39 is 0 Å². The van der Waals surface area contributed by atoms with Gasteiger partial charge in [-0.25, -0.2) is 4.98 Å². The maximum Gasteiger partial charge on any atom is 0.162 e. The summed E-state index contributed by atoms with van der Waals surface area (Å²) >= 11 is 1.65. The highest BCUT2D eigenvalue weighted by molar-refractivity contribution is 7.18. The first-order valence-electron chi connectivity index (χ1n) is 4.23. The molecule has 15 heavy (non-hydrogen) atoms. The van der Waals surface area contributed by atoms with Crippen LogP contribution in [0, 0.1) is 6.92 Å². The molecule has 0 fully saturated rings. The van der Waals surface area contributed by atoms with Gasteiger partial charge in [0.15, 0.2) is 11.5 Å². The zero-order valence-electron chi connectivity index (χ0n) is 8.83. The molecule has 0 atom stereocenters. The molecule has 0 bridgehead atoms. The van der Waals surface area contributed by atoms with E-state index in [2.05, 4.69) is 4.98 Å². The number of benzene rings is 1. The topological polar surface area (TPSA) is 62.9 Å². The van der Waals surface area contributed by atoms with Crippen molar-refractivity contribution in [3.05, 3.63) is 17.1 Å². The largest absolute Gasteiger partial charge is 0.493 e. The van der Waals surface area contributed by atoms with Crippen molar-refractivity contribution in [1.29, 1.82) is 0 Å². The van der Waals surface area contributed by atoms with Crippen LogP contribution in [0.3, 0.4) is 0 Å². The van der Waals surface area contributed by atoms with Crippen molar-refractivity contribution < 1.29 is 14.9 Å². The van der Waals surface area contributed by atoms with Gasteiger partial charge in [-0.2, -0.15) is 0 Å². The Bertz CT molecular complexity index is 426. The van der Waals surface area contributed by atoms with E-state index in [1.807, 2.05) is 19.1 Å². The maximum absolute atomic E-state index is 5.21. The smallest absolute Gasteiger partial charge is 0.162 e. The predicted octanol–water partition coefficient (Wildman–Crippen LogP) is 1.80. The van der Waals surface area contributed by atoms with E-state index in [9.17, 15) is 0 Å². The quantitative estimate of drug-likeness (QED) is 0.785. The average molecular weight is 227 g/mol. The van der Waals surface area contributed by atoms with Crippen LogP contribution in [-0.2, 0) is 0 Å². The first-order chi connectivity index (χ1) is 6.74. The van der Waals surface area contributed by atoms with Gasteiger partial charge in [0.2, 0.25) is 0 Å². The van der Waals surface area contributed by atoms with Gasteiger partial charge in [0, 0.05) is 12.1 Å². The number of aryl methyl sites for hydroxylation is 1. The Morgan fingerprint density at radius 3 is 2.33 bits per heavy atom. The molecule has 1 aromatic carbocycles. The first kappa shape index (κ1) is 11.7. The molecule has 0 amide bonds. The molecule has 0 aliphatic rings. The third-order valence-corrected chi connectivity index (χ3v) is 2.93. The summed E-state index contributed by atoms with van der Waals surface area (Å²) in [6, 6.07) is 3.86. The normalized spacial score (nSPS) is 9.80. The van der Waals surface area contributed by atoms with Gasteiger partial charge in [-0.05, 0) is 6.92 Å². The number of rotatable bonds is 2.